The molecule has 2 amide bonds. The molecule has 0 radical (unpaired) electrons. The second-order valence-electron chi connectivity index (χ2n) is 6.20. The second kappa shape index (κ2) is 10.6. The zero-order valence-electron chi connectivity index (χ0n) is 15.7. The molecular weight excluding hydrogens is 364 g/mol. The lowest BCUT2D eigenvalue weighted by Gasteiger charge is -2.28. The van der Waals surface area contributed by atoms with Crippen LogP contribution in [0.1, 0.15) is 25.3 Å². The van der Waals surface area contributed by atoms with Crippen molar-refractivity contribution in [3.63, 3.8) is 0 Å². The van der Waals surface area contributed by atoms with Crippen molar-refractivity contribution in [3.8, 4) is 5.75 Å². The van der Waals surface area contributed by atoms with E-state index in [-0.39, 0.29) is 11.8 Å². The second-order valence-corrected chi connectivity index (χ2v) is 6.64. The van der Waals surface area contributed by atoms with Crippen LogP contribution in [0.5, 0.6) is 5.75 Å². The lowest BCUT2D eigenvalue weighted by atomic mass is 10.1. The van der Waals surface area contributed by atoms with Crippen LogP contribution in [0.25, 0.3) is 0 Å². The molecular formula is C21H25ClN2O3. The van der Waals surface area contributed by atoms with Crippen LogP contribution < -0.4 is 10.1 Å². The fourth-order valence-corrected chi connectivity index (χ4v) is 2.79. The lowest BCUT2D eigenvalue weighted by molar-refractivity contribution is -0.140. The summed E-state index contributed by atoms with van der Waals surface area (Å²) >= 11 is 5.84. The van der Waals surface area contributed by atoms with Crippen LogP contribution >= 0.6 is 11.6 Å². The first-order valence-corrected chi connectivity index (χ1v) is 9.32. The molecule has 0 saturated heterocycles. The van der Waals surface area contributed by atoms with E-state index >= 15 is 0 Å². The molecule has 0 heterocycles. The number of carbonyl (C=O) groups is 2. The minimum Gasteiger partial charge on any atom is -0.494 e. The van der Waals surface area contributed by atoms with Gasteiger partial charge in [-0.2, -0.15) is 0 Å². The summed E-state index contributed by atoms with van der Waals surface area (Å²) in [4.78, 5) is 26.4. The maximum atomic E-state index is 12.7. The Balaban J connectivity index is 1.92. The Morgan fingerprint density at radius 3 is 2.41 bits per heavy atom. The summed E-state index contributed by atoms with van der Waals surface area (Å²) in [6.07, 6.45) is 0.870. The zero-order valence-corrected chi connectivity index (χ0v) is 16.4. The molecule has 0 aliphatic rings. The number of hydrogen-bond donors (Lipinski definition) is 1. The molecule has 2 aromatic carbocycles. The number of amides is 2. The van der Waals surface area contributed by atoms with Crippen LogP contribution in [-0.4, -0.2) is 36.4 Å². The highest BCUT2D eigenvalue weighted by atomic mass is 35.5. The number of carbonyl (C=O) groups excluding carboxylic acids is 2. The molecule has 0 aromatic heterocycles. The van der Waals surface area contributed by atoms with Gasteiger partial charge < -0.3 is 15.0 Å². The average molecular weight is 389 g/mol. The van der Waals surface area contributed by atoms with Crippen molar-refractivity contribution in [2.24, 2.45) is 0 Å². The van der Waals surface area contributed by atoms with Crippen molar-refractivity contribution in [2.45, 2.75) is 32.4 Å². The topological polar surface area (TPSA) is 58.6 Å². The number of halogens is 1. The van der Waals surface area contributed by atoms with Crippen molar-refractivity contribution in [1.82, 2.24) is 10.2 Å². The maximum absolute atomic E-state index is 12.7. The predicted molar refractivity (Wildman–Crippen MR) is 107 cm³/mol. The van der Waals surface area contributed by atoms with Crippen molar-refractivity contribution < 1.29 is 14.3 Å². The van der Waals surface area contributed by atoms with Crippen LogP contribution in [-0.2, 0) is 16.1 Å². The fraction of sp³-hybridized carbons (Fsp3) is 0.333. The summed E-state index contributed by atoms with van der Waals surface area (Å²) in [7, 11) is 1.57. The number of ether oxygens (including phenoxy) is 1. The molecule has 0 saturated carbocycles. The minimum absolute atomic E-state index is 0.0744. The Kier molecular flexibility index (Phi) is 8.14. The summed E-state index contributed by atoms with van der Waals surface area (Å²) in [5.41, 5.74) is 0.985. The van der Waals surface area contributed by atoms with Crippen LogP contribution in [0.2, 0.25) is 5.02 Å². The van der Waals surface area contributed by atoms with E-state index < -0.39 is 6.04 Å². The van der Waals surface area contributed by atoms with E-state index in [1.54, 1.807) is 43.1 Å². The molecule has 0 aliphatic carbocycles. The van der Waals surface area contributed by atoms with Gasteiger partial charge in [-0.25, -0.2) is 0 Å². The normalized spacial score (nSPS) is 11.5. The van der Waals surface area contributed by atoms with Gasteiger partial charge in [0.2, 0.25) is 11.8 Å². The van der Waals surface area contributed by atoms with Crippen molar-refractivity contribution in [3.05, 3.63) is 65.2 Å². The quantitative estimate of drug-likeness (QED) is 0.667. The van der Waals surface area contributed by atoms with Gasteiger partial charge in [-0.3, -0.25) is 9.59 Å². The Morgan fingerprint density at radius 1 is 1.11 bits per heavy atom. The van der Waals surface area contributed by atoms with Gasteiger partial charge in [0.25, 0.3) is 0 Å². The molecule has 5 nitrogen and oxygen atoms in total. The van der Waals surface area contributed by atoms with E-state index in [1.807, 2.05) is 30.3 Å². The standard InChI is InChI=1S/C21H25ClN2O3/c1-16(21(26)23-2)24(15-17-7-4-3-5-8-17)20(25)9-6-14-27-19-12-10-18(22)11-13-19/h3-5,7-8,10-13,16H,6,9,14-15H2,1-2H3,(H,23,26)/t16-/m1/s1. The molecule has 6 heteroatoms. The van der Waals surface area contributed by atoms with Gasteiger partial charge in [-0.15, -0.1) is 0 Å². The smallest absolute Gasteiger partial charge is 0.242 e. The third-order valence-corrected chi connectivity index (χ3v) is 4.48. The Labute approximate surface area is 165 Å². The summed E-state index contributed by atoms with van der Waals surface area (Å²) in [6, 6.07) is 16.2. The predicted octanol–water partition coefficient (Wildman–Crippen LogP) is 3.66. The number of likely N-dealkylation sites (N-methyl/N-ethyl adjacent to an activating group) is 1. The largest absolute Gasteiger partial charge is 0.494 e. The first-order chi connectivity index (χ1) is 13.0. The SMILES string of the molecule is CNC(=O)[C@@H](C)N(Cc1ccccc1)C(=O)CCCOc1ccc(Cl)cc1. The molecule has 0 spiro atoms. The average Bonchev–Trinajstić information content (AvgIpc) is 2.70. The minimum atomic E-state index is -0.542. The van der Waals surface area contributed by atoms with Crippen LogP contribution in [0.3, 0.4) is 0 Å². The van der Waals surface area contributed by atoms with E-state index in [4.69, 9.17) is 16.3 Å². The fourth-order valence-electron chi connectivity index (χ4n) is 2.66. The molecule has 2 aromatic rings. The molecule has 1 N–H and O–H groups in total. The van der Waals surface area contributed by atoms with E-state index in [0.29, 0.717) is 36.8 Å². The monoisotopic (exact) mass is 388 g/mol. The van der Waals surface area contributed by atoms with Gasteiger partial charge in [0, 0.05) is 25.0 Å². The van der Waals surface area contributed by atoms with Crippen molar-refractivity contribution >= 4 is 23.4 Å². The number of benzene rings is 2. The molecule has 144 valence electrons. The Hall–Kier alpha value is -2.53. The molecule has 27 heavy (non-hydrogen) atoms. The highest BCUT2D eigenvalue weighted by molar-refractivity contribution is 6.30. The molecule has 0 unspecified atom stereocenters. The van der Waals surface area contributed by atoms with E-state index in [9.17, 15) is 9.59 Å². The van der Waals surface area contributed by atoms with Gasteiger partial charge in [0.1, 0.15) is 11.8 Å². The van der Waals surface area contributed by atoms with Crippen molar-refractivity contribution in [1.29, 1.82) is 0 Å². The summed E-state index contributed by atoms with van der Waals surface area (Å²) in [5, 5.41) is 3.26. The first kappa shape index (κ1) is 20.8. The summed E-state index contributed by atoms with van der Waals surface area (Å²) in [5.74, 6) is 0.457. The van der Waals surface area contributed by atoms with Gasteiger partial charge in [0.15, 0.2) is 0 Å². The molecule has 2 rings (SSSR count). The highest BCUT2D eigenvalue weighted by Crippen LogP contribution is 2.16. The van der Waals surface area contributed by atoms with Gasteiger partial charge in [-0.1, -0.05) is 41.9 Å². The highest BCUT2D eigenvalue weighted by Gasteiger charge is 2.25. The Morgan fingerprint density at radius 2 is 1.78 bits per heavy atom. The summed E-state index contributed by atoms with van der Waals surface area (Å²) < 4.78 is 5.63. The van der Waals surface area contributed by atoms with Crippen molar-refractivity contribution in [2.75, 3.05) is 13.7 Å². The summed E-state index contributed by atoms with van der Waals surface area (Å²) in [6.45, 7) is 2.55. The molecule has 0 fully saturated rings. The van der Waals surface area contributed by atoms with E-state index in [2.05, 4.69) is 5.32 Å². The molecule has 0 bridgehead atoms. The van der Waals surface area contributed by atoms with Crippen LogP contribution in [0, 0.1) is 0 Å². The zero-order chi connectivity index (χ0) is 19.6. The number of nitrogens with zero attached hydrogens (tertiary/aromatic N) is 1. The van der Waals surface area contributed by atoms with Gasteiger partial charge >= 0.3 is 0 Å². The molecule has 0 aliphatic heterocycles. The number of hydrogen-bond acceptors (Lipinski definition) is 3. The number of nitrogens with one attached hydrogen (secondary N) is 1. The first-order valence-electron chi connectivity index (χ1n) is 8.94. The van der Waals surface area contributed by atoms with Gasteiger partial charge in [-0.05, 0) is 43.2 Å². The van der Waals surface area contributed by atoms with Crippen LogP contribution in [0.15, 0.2) is 54.6 Å². The van der Waals surface area contributed by atoms with E-state index in [0.717, 1.165) is 5.56 Å². The van der Waals surface area contributed by atoms with Gasteiger partial charge in [0.05, 0.1) is 6.61 Å². The lowest BCUT2D eigenvalue weighted by Crippen LogP contribution is -2.46. The van der Waals surface area contributed by atoms with E-state index in [1.165, 1.54) is 0 Å². The third kappa shape index (κ3) is 6.61. The maximum Gasteiger partial charge on any atom is 0.242 e. The molecule has 1 atom stereocenters. The third-order valence-electron chi connectivity index (χ3n) is 4.23. The van der Waals surface area contributed by atoms with Crippen LogP contribution in [0.4, 0.5) is 0 Å². The number of rotatable bonds is 9. The Bertz CT molecular complexity index is 735.